The predicted molar refractivity (Wildman–Crippen MR) is 82.7 cm³/mol. The van der Waals surface area contributed by atoms with Crippen LogP contribution in [-0.2, 0) is 6.54 Å². The summed E-state index contributed by atoms with van der Waals surface area (Å²) in [6.07, 6.45) is 0. The zero-order chi connectivity index (χ0) is 15.4. The Morgan fingerprint density at radius 3 is 2.62 bits per heavy atom. The largest absolute Gasteiger partial charge is 0.398 e. The first-order valence-corrected chi connectivity index (χ1v) is 6.99. The van der Waals surface area contributed by atoms with Crippen LogP contribution in [-0.4, -0.2) is 17.4 Å². The lowest BCUT2D eigenvalue weighted by Gasteiger charge is -2.22. The third kappa shape index (κ3) is 3.34. The van der Waals surface area contributed by atoms with E-state index in [1.54, 1.807) is 11.0 Å². The van der Waals surface area contributed by atoms with Gasteiger partial charge in [-0.15, -0.1) is 0 Å². The third-order valence-electron chi connectivity index (χ3n) is 3.27. The fourth-order valence-corrected chi connectivity index (χ4v) is 2.26. The maximum atomic E-state index is 13.5. The van der Waals surface area contributed by atoms with Gasteiger partial charge < -0.3 is 10.6 Å². The van der Waals surface area contributed by atoms with Gasteiger partial charge in [0.1, 0.15) is 5.82 Å². The zero-order valence-corrected chi connectivity index (χ0v) is 12.4. The van der Waals surface area contributed by atoms with E-state index in [1.165, 1.54) is 18.2 Å². The number of hydrogen-bond donors (Lipinski definition) is 1. The summed E-state index contributed by atoms with van der Waals surface area (Å²) in [4.78, 5) is 14.1. The predicted octanol–water partition coefficient (Wildman–Crippen LogP) is 3.72. The number of nitrogen functional groups attached to an aromatic ring is 1. The van der Waals surface area contributed by atoms with Gasteiger partial charge >= 0.3 is 0 Å². The number of anilines is 1. The Labute approximate surface area is 128 Å². The maximum Gasteiger partial charge on any atom is 0.255 e. The number of nitrogens with two attached hydrogens (primary N) is 1. The Morgan fingerprint density at radius 2 is 1.95 bits per heavy atom. The Bertz CT molecular complexity index is 660. The molecule has 0 saturated heterocycles. The highest BCUT2D eigenvalue weighted by molar-refractivity contribution is 6.34. The highest BCUT2D eigenvalue weighted by Crippen LogP contribution is 2.22. The zero-order valence-electron chi connectivity index (χ0n) is 11.6. The van der Waals surface area contributed by atoms with Crippen molar-refractivity contribution in [1.29, 1.82) is 0 Å². The fourth-order valence-electron chi connectivity index (χ4n) is 2.05. The number of carbonyl (C=O) groups excluding carboxylic acids is 1. The molecule has 1 amide bonds. The molecule has 0 aromatic heterocycles. The molecule has 2 aromatic rings. The van der Waals surface area contributed by atoms with E-state index in [0.29, 0.717) is 18.8 Å². The first-order chi connectivity index (χ1) is 10.0. The van der Waals surface area contributed by atoms with Crippen molar-refractivity contribution in [3.8, 4) is 0 Å². The molecule has 2 rings (SSSR count). The second-order valence-corrected chi connectivity index (χ2v) is 5.00. The van der Waals surface area contributed by atoms with Crippen LogP contribution >= 0.6 is 11.6 Å². The third-order valence-corrected chi connectivity index (χ3v) is 3.65. The minimum Gasteiger partial charge on any atom is -0.398 e. The van der Waals surface area contributed by atoms with Gasteiger partial charge in [-0.1, -0.05) is 35.9 Å². The monoisotopic (exact) mass is 306 g/mol. The van der Waals surface area contributed by atoms with E-state index in [9.17, 15) is 9.18 Å². The van der Waals surface area contributed by atoms with Crippen molar-refractivity contribution < 1.29 is 9.18 Å². The van der Waals surface area contributed by atoms with Crippen LogP contribution in [0.4, 0.5) is 10.1 Å². The first-order valence-electron chi connectivity index (χ1n) is 6.61. The van der Waals surface area contributed by atoms with Gasteiger partial charge in [-0.25, -0.2) is 4.39 Å². The highest BCUT2D eigenvalue weighted by Gasteiger charge is 2.19. The molecule has 2 aromatic carbocycles. The van der Waals surface area contributed by atoms with Crippen molar-refractivity contribution in [3.05, 3.63) is 64.4 Å². The molecule has 0 radical (unpaired) electrons. The van der Waals surface area contributed by atoms with E-state index in [0.717, 1.165) is 5.56 Å². The SMILES string of the molecule is CCN(Cc1ccccc1N)C(=O)c1cccc(F)c1Cl. The summed E-state index contributed by atoms with van der Waals surface area (Å²) in [6.45, 7) is 2.68. The molecule has 5 heteroatoms. The maximum absolute atomic E-state index is 13.5. The van der Waals surface area contributed by atoms with Crippen LogP contribution in [0.3, 0.4) is 0 Å². The lowest BCUT2D eigenvalue weighted by atomic mass is 10.1. The minimum absolute atomic E-state index is 0.151. The normalized spacial score (nSPS) is 10.4. The number of halogens is 2. The van der Waals surface area contributed by atoms with Gasteiger partial charge in [0.05, 0.1) is 10.6 Å². The number of benzene rings is 2. The summed E-state index contributed by atoms with van der Waals surface area (Å²) in [7, 11) is 0. The molecule has 3 nitrogen and oxygen atoms in total. The summed E-state index contributed by atoms with van der Waals surface area (Å²) < 4.78 is 13.5. The number of hydrogen-bond acceptors (Lipinski definition) is 2. The van der Waals surface area contributed by atoms with Gasteiger partial charge in [0.15, 0.2) is 0 Å². The van der Waals surface area contributed by atoms with Gasteiger partial charge in [-0.3, -0.25) is 4.79 Å². The molecule has 0 aliphatic rings. The molecule has 0 spiro atoms. The smallest absolute Gasteiger partial charge is 0.255 e. The summed E-state index contributed by atoms with van der Waals surface area (Å²) in [5, 5.41) is -0.151. The lowest BCUT2D eigenvalue weighted by Crippen LogP contribution is -2.31. The van der Waals surface area contributed by atoms with Crippen LogP contribution < -0.4 is 5.73 Å². The van der Waals surface area contributed by atoms with Crippen LogP contribution in [0.2, 0.25) is 5.02 Å². The van der Waals surface area contributed by atoms with Crippen LogP contribution in [0.1, 0.15) is 22.8 Å². The number of para-hydroxylation sites is 1. The number of carbonyl (C=O) groups is 1. The molecule has 21 heavy (non-hydrogen) atoms. The van der Waals surface area contributed by atoms with Crippen LogP contribution in [0.5, 0.6) is 0 Å². The lowest BCUT2D eigenvalue weighted by molar-refractivity contribution is 0.0752. The van der Waals surface area contributed by atoms with Gasteiger partial charge in [-0.05, 0) is 30.7 Å². The van der Waals surface area contributed by atoms with Gasteiger partial charge in [0.25, 0.3) is 5.91 Å². The second-order valence-electron chi connectivity index (χ2n) is 4.62. The van der Waals surface area contributed by atoms with Crippen molar-refractivity contribution in [3.63, 3.8) is 0 Å². The number of amides is 1. The Kier molecular flexibility index (Phi) is 4.81. The Morgan fingerprint density at radius 1 is 1.24 bits per heavy atom. The molecule has 2 N–H and O–H groups in total. The van der Waals surface area contributed by atoms with Crippen molar-refractivity contribution in [1.82, 2.24) is 4.90 Å². The van der Waals surface area contributed by atoms with Gasteiger partial charge in [-0.2, -0.15) is 0 Å². The molecular formula is C16H16ClFN2O. The Balaban J connectivity index is 2.27. The first kappa shape index (κ1) is 15.3. The summed E-state index contributed by atoms with van der Waals surface area (Å²) in [5.74, 6) is -0.914. The van der Waals surface area contributed by atoms with E-state index in [4.69, 9.17) is 17.3 Å². The van der Waals surface area contributed by atoms with Crippen LogP contribution in [0, 0.1) is 5.82 Å². The number of nitrogens with zero attached hydrogens (tertiary/aromatic N) is 1. The summed E-state index contributed by atoms with van der Waals surface area (Å²) >= 11 is 5.88. The van der Waals surface area contributed by atoms with E-state index < -0.39 is 5.82 Å². The molecule has 0 fully saturated rings. The van der Waals surface area contributed by atoms with E-state index in [-0.39, 0.29) is 16.5 Å². The average Bonchev–Trinajstić information content (AvgIpc) is 2.48. The van der Waals surface area contributed by atoms with Crippen molar-refractivity contribution in [2.75, 3.05) is 12.3 Å². The Hall–Kier alpha value is -2.07. The fraction of sp³-hybridized carbons (Fsp3) is 0.188. The van der Waals surface area contributed by atoms with Crippen molar-refractivity contribution in [2.45, 2.75) is 13.5 Å². The topological polar surface area (TPSA) is 46.3 Å². The standard InChI is InChI=1S/C16H16ClFN2O/c1-2-20(10-11-6-3-4-9-14(11)19)16(21)12-7-5-8-13(18)15(12)17/h3-9H,2,10,19H2,1H3. The van der Waals surface area contributed by atoms with Gasteiger partial charge in [0, 0.05) is 18.8 Å². The average molecular weight is 307 g/mol. The molecule has 0 unspecified atom stereocenters. The molecule has 0 aliphatic carbocycles. The minimum atomic E-state index is -0.599. The molecule has 0 aliphatic heterocycles. The van der Waals surface area contributed by atoms with Gasteiger partial charge in [0.2, 0.25) is 0 Å². The molecule has 0 heterocycles. The van der Waals surface area contributed by atoms with E-state index >= 15 is 0 Å². The quantitative estimate of drug-likeness (QED) is 0.875. The highest BCUT2D eigenvalue weighted by atomic mass is 35.5. The summed E-state index contributed by atoms with van der Waals surface area (Å²) in [5.41, 5.74) is 7.52. The molecule has 0 saturated carbocycles. The van der Waals surface area contributed by atoms with Crippen molar-refractivity contribution >= 4 is 23.2 Å². The second kappa shape index (κ2) is 6.59. The van der Waals surface area contributed by atoms with Crippen LogP contribution in [0.25, 0.3) is 0 Å². The molecule has 0 bridgehead atoms. The molecule has 110 valence electrons. The summed E-state index contributed by atoms with van der Waals surface area (Å²) in [6, 6.07) is 11.6. The number of rotatable bonds is 4. The molecule has 0 atom stereocenters. The van der Waals surface area contributed by atoms with Crippen LogP contribution in [0.15, 0.2) is 42.5 Å². The van der Waals surface area contributed by atoms with E-state index in [1.807, 2.05) is 25.1 Å². The van der Waals surface area contributed by atoms with E-state index in [2.05, 4.69) is 0 Å². The molecular weight excluding hydrogens is 291 g/mol. The van der Waals surface area contributed by atoms with Crippen molar-refractivity contribution in [2.24, 2.45) is 0 Å².